The maximum absolute atomic E-state index is 13.1. The molecular weight excluding hydrogens is 1150 g/mol. The van der Waals surface area contributed by atoms with Gasteiger partial charge in [0, 0.05) is 76.9 Å². The van der Waals surface area contributed by atoms with Crippen molar-refractivity contribution in [2.45, 2.75) is 173 Å². The Labute approximate surface area is 507 Å². The third kappa shape index (κ3) is 17.2. The molecule has 5 aliphatic rings. The summed E-state index contributed by atoms with van der Waals surface area (Å²) in [5.74, 6) is -1.34. The molecule has 452 valence electrons. The highest BCUT2D eigenvalue weighted by Crippen LogP contribution is 2.49. The third-order valence-corrected chi connectivity index (χ3v) is 18.4. The fourth-order valence-electron chi connectivity index (χ4n) is 10.1. The van der Waals surface area contributed by atoms with Gasteiger partial charge in [0.25, 0.3) is 11.8 Å². The standard InChI is InChI=1S/C33H45N5O6S2.C26H33N7O3S2/c1-21-10-11-22(38(21)31(43)44-32(2,3)4)17-28(42)36-33(14-15-33)27(41)18-23(39)12-13-29-34-25(20-45-29)30-35-24(19-46-30)26(40)9-7-8-16-37(5)6;1-15-5-6-17(29-15)22-16(26(7-8-26)32-24(22)36)11-20(34)28-12-21-30-19(14-37-21)25-31-18(13-38-25)23(35)27-9-4-10-33(2)3/h17,19-21H,7-16,18H2,1-6H3,(H,36,42);13-15H,4-12H2,1-3H3,(H,27,35)(H,28,34)(H,32,36)/b22-17-;/t21-;15-/m00/s1. The summed E-state index contributed by atoms with van der Waals surface area (Å²) >= 11 is 5.61. The van der Waals surface area contributed by atoms with Gasteiger partial charge in [0.2, 0.25) is 11.8 Å². The molecule has 2 aliphatic carbocycles. The van der Waals surface area contributed by atoms with E-state index in [4.69, 9.17) is 4.74 Å². The van der Waals surface area contributed by atoms with Crippen LogP contribution in [0.5, 0.6) is 0 Å². The van der Waals surface area contributed by atoms with E-state index in [1.807, 2.05) is 45.9 Å². The summed E-state index contributed by atoms with van der Waals surface area (Å²) in [6.45, 7) is 12.1. The number of rotatable bonds is 26. The number of carbonyl (C=O) groups excluding carboxylic acids is 8. The monoisotopic (exact) mass is 1230 g/mol. The molecule has 4 N–H and O–H groups in total. The van der Waals surface area contributed by atoms with Crippen LogP contribution in [0.3, 0.4) is 0 Å². The van der Waals surface area contributed by atoms with Gasteiger partial charge in [0.05, 0.1) is 41.0 Å². The Kier molecular flexibility index (Phi) is 21.1. The number of ketones is 3. The molecular formula is C59H78N12O9S4. The number of nitrogens with zero attached hydrogens (tertiary/aromatic N) is 8. The number of aliphatic imine (C=N–C) groups is 1. The normalized spacial score (nSPS) is 18.9. The molecule has 3 aliphatic heterocycles. The molecule has 4 aromatic rings. The molecule has 9 rings (SSSR count). The Hall–Kier alpha value is -6.25. The highest BCUT2D eigenvalue weighted by atomic mass is 32.1. The van der Waals surface area contributed by atoms with Crippen molar-refractivity contribution in [2.24, 2.45) is 4.99 Å². The summed E-state index contributed by atoms with van der Waals surface area (Å²) in [7, 11) is 8.03. The van der Waals surface area contributed by atoms with Gasteiger partial charge in [0.15, 0.2) is 11.6 Å². The molecule has 21 nitrogen and oxygen atoms in total. The number of unbranched alkanes of at least 4 members (excludes halogenated alkanes) is 1. The van der Waals surface area contributed by atoms with Gasteiger partial charge in [-0.25, -0.2) is 24.7 Å². The Balaban J connectivity index is 0.000000223. The van der Waals surface area contributed by atoms with E-state index < -0.39 is 23.1 Å². The van der Waals surface area contributed by atoms with E-state index >= 15 is 0 Å². The van der Waals surface area contributed by atoms with Crippen LogP contribution in [0, 0.1) is 0 Å². The minimum absolute atomic E-state index is 0.0316. The van der Waals surface area contributed by atoms with Crippen molar-refractivity contribution >= 4 is 98.1 Å². The first-order valence-electron chi connectivity index (χ1n) is 28.8. The van der Waals surface area contributed by atoms with Crippen LogP contribution >= 0.6 is 45.3 Å². The third-order valence-electron chi connectivity index (χ3n) is 14.9. The van der Waals surface area contributed by atoms with Crippen LogP contribution < -0.4 is 21.3 Å². The molecule has 1 saturated heterocycles. The maximum Gasteiger partial charge on any atom is 0.414 e. The second kappa shape index (κ2) is 27.9. The van der Waals surface area contributed by atoms with Gasteiger partial charge in [-0.3, -0.25) is 43.5 Å². The predicted molar refractivity (Wildman–Crippen MR) is 326 cm³/mol. The summed E-state index contributed by atoms with van der Waals surface area (Å²) in [6, 6.07) is 0.111. The van der Waals surface area contributed by atoms with Gasteiger partial charge in [-0.05, 0) is 152 Å². The van der Waals surface area contributed by atoms with E-state index in [0.717, 1.165) is 79.3 Å². The molecule has 4 aromatic heterocycles. The smallest absolute Gasteiger partial charge is 0.414 e. The number of amides is 5. The Bertz CT molecular complexity index is 3210. The number of hydrogen-bond acceptors (Lipinski definition) is 20. The molecule has 0 bridgehead atoms. The molecule has 0 radical (unpaired) electrons. The zero-order chi connectivity index (χ0) is 60.5. The minimum Gasteiger partial charge on any atom is -0.443 e. The number of hydrogen-bond donors (Lipinski definition) is 4. The molecule has 0 aromatic carbocycles. The molecule has 5 amide bonds. The lowest BCUT2D eigenvalue weighted by atomic mass is 9.95. The molecule has 7 heterocycles. The average Bonchev–Trinajstić information content (AvgIpc) is 1.70. The van der Waals surface area contributed by atoms with Crippen molar-refractivity contribution in [3.8, 4) is 21.4 Å². The number of carbonyl (C=O) groups is 8. The summed E-state index contributed by atoms with van der Waals surface area (Å²) in [6.07, 6.45) is 10.1. The van der Waals surface area contributed by atoms with Crippen LogP contribution in [0.1, 0.15) is 162 Å². The first-order valence-corrected chi connectivity index (χ1v) is 32.3. The number of nitrogens with one attached hydrogen (secondary N) is 4. The van der Waals surface area contributed by atoms with Crippen molar-refractivity contribution < 1.29 is 43.1 Å². The number of Topliss-reactive ketones (excluding diaryl/α,β-unsaturated/α-hetero) is 3. The molecule has 2 saturated carbocycles. The summed E-state index contributed by atoms with van der Waals surface area (Å²) < 4.78 is 5.51. The SMILES string of the molecule is C[C@H]1CC/C(=C/C(=O)NC2(C(=O)CC(=O)CCc3nc(-c4nc(C(=O)CCCCN(C)C)cs4)cs3)CC2)N1C(=O)OC(C)(C)C.C[C@H]1CCC(C2=C(CC(=O)NCc3nc(-c4nc(C(=O)NCCCN(C)C)cs4)cs3)C3(CC3)NC2=O)=N1. The van der Waals surface area contributed by atoms with Crippen molar-refractivity contribution in [2.75, 3.05) is 47.8 Å². The van der Waals surface area contributed by atoms with E-state index in [9.17, 15) is 38.4 Å². The van der Waals surface area contributed by atoms with Crippen LogP contribution in [-0.4, -0.2) is 164 Å². The van der Waals surface area contributed by atoms with E-state index in [2.05, 4.69) is 62.9 Å². The van der Waals surface area contributed by atoms with E-state index in [0.29, 0.717) is 95.7 Å². The van der Waals surface area contributed by atoms with Crippen molar-refractivity contribution in [3.05, 3.63) is 65.8 Å². The van der Waals surface area contributed by atoms with Crippen molar-refractivity contribution in [1.82, 2.24) is 55.9 Å². The minimum atomic E-state index is -1.04. The van der Waals surface area contributed by atoms with E-state index in [1.54, 1.807) is 31.5 Å². The first-order chi connectivity index (χ1) is 39.9. The lowest BCUT2D eigenvalue weighted by molar-refractivity contribution is -0.131. The molecule has 3 fully saturated rings. The largest absolute Gasteiger partial charge is 0.443 e. The van der Waals surface area contributed by atoms with Gasteiger partial charge in [-0.15, -0.1) is 45.3 Å². The average molecular weight is 1230 g/mol. The highest BCUT2D eigenvalue weighted by Gasteiger charge is 2.55. The number of aromatic nitrogens is 4. The number of aryl methyl sites for hydroxylation is 1. The molecule has 84 heavy (non-hydrogen) atoms. The molecule has 2 atom stereocenters. The van der Waals surface area contributed by atoms with Crippen LogP contribution in [0.15, 0.2) is 49.4 Å². The van der Waals surface area contributed by atoms with Gasteiger partial charge in [0.1, 0.15) is 49.2 Å². The Morgan fingerprint density at radius 3 is 2.08 bits per heavy atom. The zero-order valence-corrected chi connectivity index (χ0v) is 52.8. The van der Waals surface area contributed by atoms with Gasteiger partial charge < -0.3 is 35.8 Å². The van der Waals surface area contributed by atoms with Gasteiger partial charge >= 0.3 is 6.09 Å². The summed E-state index contributed by atoms with van der Waals surface area (Å²) in [4.78, 5) is 131. The Morgan fingerprint density at radius 2 is 1.44 bits per heavy atom. The number of allylic oxidation sites excluding steroid dienone is 1. The number of ether oxygens (including phenoxy) is 1. The quantitative estimate of drug-likeness (QED) is 0.0200. The van der Waals surface area contributed by atoms with Gasteiger partial charge in [-0.1, -0.05) is 0 Å². The first kappa shape index (κ1) is 63.8. The molecule has 25 heteroatoms. The van der Waals surface area contributed by atoms with Gasteiger partial charge in [-0.2, -0.15) is 0 Å². The number of thiazole rings is 4. The highest BCUT2D eigenvalue weighted by molar-refractivity contribution is 7.14. The lowest BCUT2D eigenvalue weighted by Crippen LogP contribution is -2.44. The Morgan fingerprint density at radius 1 is 0.786 bits per heavy atom. The molecule has 1 spiro atoms. The second-order valence-electron chi connectivity index (χ2n) is 23.8. The van der Waals surface area contributed by atoms with Crippen LogP contribution in [0.4, 0.5) is 4.79 Å². The van der Waals surface area contributed by atoms with Crippen molar-refractivity contribution in [1.29, 1.82) is 0 Å². The zero-order valence-electron chi connectivity index (χ0n) is 49.6. The van der Waals surface area contributed by atoms with Crippen LogP contribution in [0.2, 0.25) is 0 Å². The van der Waals surface area contributed by atoms with Crippen molar-refractivity contribution in [3.63, 3.8) is 0 Å². The van der Waals surface area contributed by atoms with Crippen LogP contribution in [0.25, 0.3) is 21.4 Å². The maximum atomic E-state index is 13.1. The summed E-state index contributed by atoms with van der Waals surface area (Å²) in [5, 5.41) is 21.9. The van der Waals surface area contributed by atoms with E-state index in [1.165, 1.54) is 56.3 Å². The lowest BCUT2D eigenvalue weighted by Gasteiger charge is -2.28. The fraction of sp³-hybridized carbons (Fsp3) is 0.576. The van der Waals surface area contributed by atoms with Crippen LogP contribution in [-0.2, 0) is 41.7 Å². The predicted octanol–water partition coefficient (Wildman–Crippen LogP) is 8.13. The number of likely N-dealkylation sites (tertiary alicyclic amines) is 1. The molecule has 0 unspecified atom stereocenters. The summed E-state index contributed by atoms with van der Waals surface area (Å²) in [5.41, 5.74) is 3.09. The topological polar surface area (TPSA) is 268 Å². The van der Waals surface area contributed by atoms with E-state index in [-0.39, 0.29) is 72.0 Å². The fourth-order valence-corrected chi connectivity index (χ4v) is 13.3. The second-order valence-corrected chi connectivity index (χ2v) is 27.4.